The van der Waals surface area contributed by atoms with Crippen molar-refractivity contribution in [3.8, 4) is 0 Å². The molecule has 1 aromatic rings. The van der Waals surface area contributed by atoms with E-state index in [-0.39, 0.29) is 0 Å². The van der Waals surface area contributed by atoms with Gasteiger partial charge in [-0.25, -0.2) is 0 Å². The van der Waals surface area contributed by atoms with Gasteiger partial charge in [0.2, 0.25) is 5.89 Å². The van der Waals surface area contributed by atoms with E-state index >= 15 is 0 Å². The van der Waals surface area contributed by atoms with Gasteiger partial charge < -0.3 is 14.5 Å². The van der Waals surface area contributed by atoms with Crippen molar-refractivity contribution in [1.82, 2.24) is 15.0 Å². The number of aliphatic hydroxyl groups is 1. The minimum Gasteiger partial charge on any atom is -0.393 e. The van der Waals surface area contributed by atoms with Gasteiger partial charge in [0.1, 0.15) is 0 Å². The first-order chi connectivity index (χ1) is 8.24. The first kappa shape index (κ1) is 12.5. The molecule has 96 valence electrons. The van der Waals surface area contributed by atoms with Crippen molar-refractivity contribution in [2.24, 2.45) is 0 Å². The maximum absolute atomic E-state index is 9.21. The Balaban J connectivity index is 1.76. The molecule has 1 N–H and O–H groups in total. The summed E-state index contributed by atoms with van der Waals surface area (Å²) in [5, 5.41) is 13.1. The number of nitrogens with zero attached hydrogens (tertiary/aromatic N) is 3. The number of piperidine rings is 1. The lowest BCUT2D eigenvalue weighted by Crippen LogP contribution is -2.31. The number of aliphatic hydroxyl groups excluding tert-OH is 1. The quantitative estimate of drug-likeness (QED) is 0.831. The highest BCUT2D eigenvalue weighted by atomic mass is 16.5. The molecule has 2 rings (SSSR count). The second-order valence-electron chi connectivity index (χ2n) is 4.81. The molecule has 0 radical (unpaired) electrons. The molecule has 0 saturated carbocycles. The van der Waals surface area contributed by atoms with Crippen LogP contribution >= 0.6 is 0 Å². The first-order valence-electron chi connectivity index (χ1n) is 6.46. The maximum atomic E-state index is 9.21. The predicted octanol–water partition coefficient (Wildman–Crippen LogP) is 1.02. The van der Waals surface area contributed by atoms with Crippen LogP contribution in [0.15, 0.2) is 4.52 Å². The molecule has 0 aliphatic carbocycles. The van der Waals surface area contributed by atoms with E-state index in [0.717, 1.165) is 18.8 Å². The zero-order valence-electron chi connectivity index (χ0n) is 10.4. The molecule has 5 nitrogen and oxygen atoms in total. The molecule has 1 fully saturated rings. The Hall–Kier alpha value is -0.940. The minimum absolute atomic E-state index is 0.426. The average Bonchev–Trinajstić information content (AvgIpc) is 2.75. The predicted molar refractivity (Wildman–Crippen MR) is 63.7 cm³/mol. The topological polar surface area (TPSA) is 62.4 Å². The Morgan fingerprint density at radius 2 is 2.12 bits per heavy atom. The van der Waals surface area contributed by atoms with Crippen molar-refractivity contribution >= 4 is 0 Å². The van der Waals surface area contributed by atoms with Crippen LogP contribution < -0.4 is 0 Å². The Morgan fingerprint density at radius 1 is 1.35 bits per heavy atom. The molecule has 0 spiro atoms. The lowest BCUT2D eigenvalue weighted by molar-refractivity contribution is 0.181. The number of hydrogen-bond donors (Lipinski definition) is 1. The minimum atomic E-state index is -0.426. The highest BCUT2D eigenvalue weighted by Gasteiger charge is 2.12. The number of hydrogen-bond acceptors (Lipinski definition) is 5. The van der Waals surface area contributed by atoms with Gasteiger partial charge in [0.15, 0.2) is 5.82 Å². The summed E-state index contributed by atoms with van der Waals surface area (Å²) in [6, 6.07) is 0. The molecule has 1 atom stereocenters. The zero-order chi connectivity index (χ0) is 12.1. The van der Waals surface area contributed by atoms with Gasteiger partial charge in [0, 0.05) is 13.0 Å². The fourth-order valence-corrected chi connectivity index (χ4v) is 2.17. The summed E-state index contributed by atoms with van der Waals surface area (Å²) in [5.41, 5.74) is 0. The molecule has 17 heavy (non-hydrogen) atoms. The third kappa shape index (κ3) is 4.09. The molecular weight excluding hydrogens is 218 g/mol. The third-order valence-electron chi connectivity index (χ3n) is 3.08. The van der Waals surface area contributed by atoms with Gasteiger partial charge in [-0.05, 0) is 32.9 Å². The molecule has 1 aliphatic rings. The van der Waals surface area contributed by atoms with Crippen molar-refractivity contribution in [2.75, 3.05) is 19.6 Å². The lowest BCUT2D eigenvalue weighted by atomic mass is 10.1. The summed E-state index contributed by atoms with van der Waals surface area (Å²) in [5.74, 6) is 1.29. The van der Waals surface area contributed by atoms with E-state index in [1.807, 2.05) is 0 Å². The molecular formula is C12H21N3O2. The van der Waals surface area contributed by atoms with E-state index in [4.69, 9.17) is 4.52 Å². The van der Waals surface area contributed by atoms with Crippen LogP contribution in [0.3, 0.4) is 0 Å². The normalized spacial score (nSPS) is 19.4. The SMILES string of the molecule is CC(O)Cc1nc(CCN2CCCCC2)no1. The molecule has 0 aromatic carbocycles. The van der Waals surface area contributed by atoms with Crippen molar-refractivity contribution in [3.05, 3.63) is 11.7 Å². The molecule has 1 unspecified atom stereocenters. The second kappa shape index (κ2) is 6.12. The highest BCUT2D eigenvalue weighted by Crippen LogP contribution is 2.09. The summed E-state index contributed by atoms with van der Waals surface area (Å²) < 4.78 is 5.08. The van der Waals surface area contributed by atoms with Crippen LogP contribution in [0.4, 0.5) is 0 Å². The smallest absolute Gasteiger partial charge is 0.229 e. The molecule has 1 saturated heterocycles. The zero-order valence-corrected chi connectivity index (χ0v) is 10.4. The fourth-order valence-electron chi connectivity index (χ4n) is 2.17. The van der Waals surface area contributed by atoms with Crippen LogP contribution in [0.2, 0.25) is 0 Å². The van der Waals surface area contributed by atoms with Crippen LogP contribution in [-0.2, 0) is 12.8 Å². The van der Waals surface area contributed by atoms with E-state index in [0.29, 0.717) is 12.3 Å². The molecule has 1 aliphatic heterocycles. The van der Waals surface area contributed by atoms with E-state index < -0.39 is 6.10 Å². The number of aromatic nitrogens is 2. The third-order valence-corrected chi connectivity index (χ3v) is 3.08. The summed E-state index contributed by atoms with van der Waals surface area (Å²) in [4.78, 5) is 6.72. The maximum Gasteiger partial charge on any atom is 0.229 e. The van der Waals surface area contributed by atoms with Crippen LogP contribution in [-0.4, -0.2) is 45.9 Å². The standard InChI is InChI=1S/C12H21N3O2/c1-10(16)9-12-13-11(14-17-12)5-8-15-6-3-2-4-7-15/h10,16H,2-9H2,1H3. The first-order valence-corrected chi connectivity index (χ1v) is 6.46. The van der Waals surface area contributed by atoms with Gasteiger partial charge >= 0.3 is 0 Å². The van der Waals surface area contributed by atoms with Crippen molar-refractivity contribution < 1.29 is 9.63 Å². The van der Waals surface area contributed by atoms with Crippen molar-refractivity contribution in [1.29, 1.82) is 0 Å². The average molecular weight is 239 g/mol. The van der Waals surface area contributed by atoms with Crippen LogP contribution in [0.1, 0.15) is 37.9 Å². The Kier molecular flexibility index (Phi) is 4.50. The van der Waals surface area contributed by atoms with Gasteiger partial charge in [-0.1, -0.05) is 11.6 Å². The largest absolute Gasteiger partial charge is 0.393 e. The fraction of sp³-hybridized carbons (Fsp3) is 0.833. The van der Waals surface area contributed by atoms with Crippen LogP contribution in [0, 0.1) is 0 Å². The van der Waals surface area contributed by atoms with Crippen molar-refractivity contribution in [2.45, 2.75) is 45.1 Å². The summed E-state index contributed by atoms with van der Waals surface area (Å²) in [7, 11) is 0. The van der Waals surface area contributed by atoms with E-state index in [1.165, 1.54) is 32.4 Å². The number of likely N-dealkylation sites (tertiary alicyclic amines) is 1. The number of rotatable bonds is 5. The van der Waals surface area contributed by atoms with E-state index in [1.54, 1.807) is 6.92 Å². The summed E-state index contributed by atoms with van der Waals surface area (Å²) in [6.07, 6.45) is 4.82. The molecule has 0 amide bonds. The van der Waals surface area contributed by atoms with Crippen LogP contribution in [0.5, 0.6) is 0 Å². The summed E-state index contributed by atoms with van der Waals surface area (Å²) >= 11 is 0. The molecule has 1 aromatic heterocycles. The van der Waals surface area contributed by atoms with Crippen molar-refractivity contribution in [3.63, 3.8) is 0 Å². The Labute approximate surface area is 102 Å². The van der Waals surface area contributed by atoms with Gasteiger partial charge in [-0.15, -0.1) is 0 Å². The Bertz CT molecular complexity index is 332. The second-order valence-corrected chi connectivity index (χ2v) is 4.81. The van der Waals surface area contributed by atoms with Gasteiger partial charge in [-0.3, -0.25) is 0 Å². The Morgan fingerprint density at radius 3 is 2.82 bits per heavy atom. The highest BCUT2D eigenvalue weighted by molar-refractivity contribution is 4.88. The summed E-state index contributed by atoms with van der Waals surface area (Å²) in [6.45, 7) is 5.11. The van der Waals surface area contributed by atoms with Gasteiger partial charge in [-0.2, -0.15) is 4.98 Å². The molecule has 2 heterocycles. The van der Waals surface area contributed by atoms with E-state index in [9.17, 15) is 5.11 Å². The van der Waals surface area contributed by atoms with E-state index in [2.05, 4.69) is 15.0 Å². The molecule has 0 bridgehead atoms. The molecule has 5 heteroatoms. The van der Waals surface area contributed by atoms with Gasteiger partial charge in [0.05, 0.1) is 12.5 Å². The lowest BCUT2D eigenvalue weighted by Gasteiger charge is -2.25. The van der Waals surface area contributed by atoms with Crippen LogP contribution in [0.25, 0.3) is 0 Å². The monoisotopic (exact) mass is 239 g/mol. The van der Waals surface area contributed by atoms with Gasteiger partial charge in [0.25, 0.3) is 0 Å².